The first-order valence-electron chi connectivity index (χ1n) is 9.56. The first-order chi connectivity index (χ1) is 14.6. The maximum absolute atomic E-state index is 12.5. The molecule has 0 aliphatic carbocycles. The number of carboxylic acids is 1. The number of amides is 2. The van der Waals surface area contributed by atoms with Crippen molar-refractivity contribution in [3.63, 3.8) is 0 Å². The van der Waals surface area contributed by atoms with Gasteiger partial charge in [-0.05, 0) is 30.5 Å². The third kappa shape index (κ3) is 5.33. The van der Waals surface area contributed by atoms with Crippen LogP contribution in [0.2, 0.25) is 0 Å². The molecule has 0 bridgehead atoms. The Morgan fingerprint density at radius 3 is 2.35 bits per heavy atom. The largest absolute Gasteiger partial charge is 0.493 e. The minimum absolute atomic E-state index is 0.142. The molecule has 1 aromatic heterocycles. The molecule has 0 fully saturated rings. The van der Waals surface area contributed by atoms with Crippen molar-refractivity contribution in [1.29, 1.82) is 0 Å². The molecular formula is C21H26N2O8. The van der Waals surface area contributed by atoms with Crippen LogP contribution >= 0.6 is 0 Å². The van der Waals surface area contributed by atoms with E-state index in [9.17, 15) is 19.2 Å². The van der Waals surface area contributed by atoms with Crippen molar-refractivity contribution in [2.24, 2.45) is 5.92 Å². The summed E-state index contributed by atoms with van der Waals surface area (Å²) in [6.07, 6.45) is -0.307. The third-order valence-electron chi connectivity index (χ3n) is 4.83. The molecule has 0 spiro atoms. The van der Waals surface area contributed by atoms with Crippen LogP contribution in [0.15, 0.2) is 21.3 Å². The number of aryl methyl sites for hydroxylation is 1. The van der Waals surface area contributed by atoms with E-state index in [0.29, 0.717) is 16.7 Å². The van der Waals surface area contributed by atoms with Crippen LogP contribution in [-0.2, 0) is 20.8 Å². The summed E-state index contributed by atoms with van der Waals surface area (Å²) in [7, 11) is 2.89. The monoisotopic (exact) mass is 434 g/mol. The fraction of sp³-hybridized carbons (Fsp3) is 0.429. The summed E-state index contributed by atoms with van der Waals surface area (Å²) in [5.41, 5.74) is 0.184. The van der Waals surface area contributed by atoms with Gasteiger partial charge in [0.2, 0.25) is 17.6 Å². The van der Waals surface area contributed by atoms with Crippen molar-refractivity contribution < 1.29 is 33.4 Å². The minimum Gasteiger partial charge on any atom is -0.493 e. The summed E-state index contributed by atoms with van der Waals surface area (Å²) in [4.78, 5) is 47.9. The first-order valence-corrected chi connectivity index (χ1v) is 9.56. The molecule has 0 radical (unpaired) electrons. The van der Waals surface area contributed by atoms with E-state index in [2.05, 4.69) is 10.6 Å². The highest BCUT2D eigenvalue weighted by Gasteiger charge is 2.24. The van der Waals surface area contributed by atoms with Crippen LogP contribution in [0.5, 0.6) is 11.5 Å². The van der Waals surface area contributed by atoms with Gasteiger partial charge in [0.25, 0.3) is 0 Å². The molecule has 2 aromatic rings. The van der Waals surface area contributed by atoms with Crippen molar-refractivity contribution in [2.75, 3.05) is 20.8 Å². The molecule has 10 nitrogen and oxygen atoms in total. The Bertz CT molecular complexity index is 1060. The summed E-state index contributed by atoms with van der Waals surface area (Å²) < 4.78 is 15.9. The van der Waals surface area contributed by atoms with Crippen LogP contribution in [-0.4, -0.2) is 49.7 Å². The molecule has 1 atom stereocenters. The molecule has 10 heteroatoms. The fourth-order valence-corrected chi connectivity index (χ4v) is 3.11. The second-order valence-electron chi connectivity index (χ2n) is 7.25. The third-order valence-corrected chi connectivity index (χ3v) is 4.83. The van der Waals surface area contributed by atoms with Gasteiger partial charge in [0.05, 0.1) is 32.7 Å². The van der Waals surface area contributed by atoms with Gasteiger partial charge in [-0.2, -0.15) is 0 Å². The number of carbonyl (C=O) groups is 3. The van der Waals surface area contributed by atoms with Gasteiger partial charge in [0.15, 0.2) is 11.3 Å². The zero-order valence-corrected chi connectivity index (χ0v) is 18.0. The van der Waals surface area contributed by atoms with Gasteiger partial charge >= 0.3 is 11.6 Å². The fourth-order valence-electron chi connectivity index (χ4n) is 3.11. The Balaban J connectivity index is 2.16. The molecule has 0 aliphatic heterocycles. The average molecular weight is 434 g/mol. The zero-order valence-electron chi connectivity index (χ0n) is 18.0. The topological polar surface area (TPSA) is 144 Å². The van der Waals surface area contributed by atoms with Crippen LogP contribution in [0.25, 0.3) is 11.0 Å². The Labute approximate surface area is 178 Å². The second kappa shape index (κ2) is 9.96. The van der Waals surface area contributed by atoms with E-state index in [-0.39, 0.29) is 29.2 Å². The van der Waals surface area contributed by atoms with Crippen molar-refractivity contribution >= 4 is 28.8 Å². The summed E-state index contributed by atoms with van der Waals surface area (Å²) in [6, 6.07) is 2.30. The van der Waals surface area contributed by atoms with Crippen molar-refractivity contribution in [3.05, 3.63) is 33.7 Å². The Kier molecular flexibility index (Phi) is 7.62. The van der Waals surface area contributed by atoms with Crippen molar-refractivity contribution in [2.45, 2.75) is 33.2 Å². The van der Waals surface area contributed by atoms with Gasteiger partial charge in [-0.15, -0.1) is 0 Å². The first kappa shape index (κ1) is 23.7. The number of carboxylic acid groups (broad SMARTS) is 1. The molecule has 1 heterocycles. The summed E-state index contributed by atoms with van der Waals surface area (Å²) >= 11 is 0. The summed E-state index contributed by atoms with van der Waals surface area (Å²) in [6.45, 7) is 4.58. The van der Waals surface area contributed by atoms with E-state index in [4.69, 9.17) is 19.0 Å². The molecule has 2 amide bonds. The molecule has 0 unspecified atom stereocenters. The second-order valence-corrected chi connectivity index (χ2v) is 7.25. The number of aliphatic carboxylic acids is 1. The SMILES string of the molecule is COc1ccc2c(C)c(CC(=O)NCC(=O)N[C@@H](C(=O)O)C(C)C)c(=O)oc2c1OC. The van der Waals surface area contributed by atoms with E-state index in [1.807, 2.05) is 0 Å². The van der Waals surface area contributed by atoms with Crippen LogP contribution in [0.3, 0.4) is 0 Å². The molecule has 0 aliphatic rings. The highest BCUT2D eigenvalue weighted by molar-refractivity contribution is 5.91. The zero-order chi connectivity index (χ0) is 23.3. The number of ether oxygens (including phenoxy) is 2. The van der Waals surface area contributed by atoms with Gasteiger partial charge in [-0.3, -0.25) is 9.59 Å². The number of hydrogen-bond donors (Lipinski definition) is 3. The van der Waals surface area contributed by atoms with Crippen LogP contribution in [0.1, 0.15) is 25.0 Å². The molecule has 168 valence electrons. The molecule has 0 saturated heterocycles. The highest BCUT2D eigenvalue weighted by Crippen LogP contribution is 2.36. The number of fused-ring (bicyclic) bond motifs is 1. The van der Waals surface area contributed by atoms with Crippen LogP contribution < -0.4 is 25.7 Å². The molecule has 31 heavy (non-hydrogen) atoms. The predicted octanol–water partition coefficient (Wildman–Crippen LogP) is 1.00. The number of rotatable bonds is 9. The number of methoxy groups -OCH3 is 2. The maximum atomic E-state index is 12.5. The van der Waals surface area contributed by atoms with E-state index in [0.717, 1.165) is 0 Å². The minimum atomic E-state index is -1.16. The molecule has 2 rings (SSSR count). The Morgan fingerprint density at radius 2 is 1.81 bits per heavy atom. The van der Waals surface area contributed by atoms with Gasteiger partial charge in [0.1, 0.15) is 6.04 Å². The smallest absolute Gasteiger partial charge is 0.340 e. The molecule has 1 aromatic carbocycles. The number of hydrogen-bond acceptors (Lipinski definition) is 7. The van der Waals surface area contributed by atoms with E-state index in [1.165, 1.54) is 14.2 Å². The quantitative estimate of drug-likeness (QED) is 0.496. The van der Waals surface area contributed by atoms with E-state index < -0.39 is 36.0 Å². The summed E-state index contributed by atoms with van der Waals surface area (Å²) in [5, 5.41) is 14.4. The predicted molar refractivity (Wildman–Crippen MR) is 111 cm³/mol. The Morgan fingerprint density at radius 1 is 1.13 bits per heavy atom. The van der Waals surface area contributed by atoms with E-state index >= 15 is 0 Å². The lowest BCUT2D eigenvalue weighted by atomic mass is 10.0. The number of nitrogens with one attached hydrogen (secondary N) is 2. The standard InChI is InChI=1S/C21H26N2O8/c1-10(2)17(20(26)27)23-16(25)9-22-15(24)8-13-11(3)12-6-7-14(29-4)19(30-5)18(12)31-21(13)28/h6-7,10,17H,8-9H2,1-5H3,(H,22,24)(H,23,25)(H,26,27)/t17-/m1/s1. The van der Waals surface area contributed by atoms with Crippen LogP contribution in [0, 0.1) is 12.8 Å². The van der Waals surface area contributed by atoms with Gasteiger partial charge in [0, 0.05) is 5.39 Å². The Hall–Kier alpha value is -3.56. The summed E-state index contributed by atoms with van der Waals surface area (Å²) in [5.74, 6) is -2.04. The van der Waals surface area contributed by atoms with E-state index in [1.54, 1.807) is 32.9 Å². The lowest BCUT2D eigenvalue weighted by molar-refractivity contribution is -0.143. The lowest BCUT2D eigenvalue weighted by Crippen LogP contribution is -2.48. The van der Waals surface area contributed by atoms with Gasteiger partial charge in [-0.1, -0.05) is 13.8 Å². The molecule has 3 N–H and O–H groups in total. The molecular weight excluding hydrogens is 408 g/mol. The number of benzene rings is 1. The normalized spacial score (nSPS) is 11.8. The molecule has 0 saturated carbocycles. The van der Waals surface area contributed by atoms with Gasteiger partial charge < -0.3 is 29.6 Å². The van der Waals surface area contributed by atoms with Crippen molar-refractivity contribution in [3.8, 4) is 11.5 Å². The number of carbonyl (C=O) groups excluding carboxylic acids is 2. The average Bonchev–Trinajstić information content (AvgIpc) is 2.72. The maximum Gasteiger partial charge on any atom is 0.340 e. The van der Waals surface area contributed by atoms with Gasteiger partial charge in [-0.25, -0.2) is 9.59 Å². The lowest BCUT2D eigenvalue weighted by Gasteiger charge is -2.18. The van der Waals surface area contributed by atoms with Crippen LogP contribution in [0.4, 0.5) is 0 Å². The van der Waals surface area contributed by atoms with Crippen molar-refractivity contribution in [1.82, 2.24) is 10.6 Å². The highest BCUT2D eigenvalue weighted by atomic mass is 16.5.